The lowest BCUT2D eigenvalue weighted by Gasteiger charge is -2.04. The van der Waals surface area contributed by atoms with Crippen molar-refractivity contribution in [1.82, 2.24) is 0 Å². The van der Waals surface area contributed by atoms with E-state index in [9.17, 15) is 0 Å². The van der Waals surface area contributed by atoms with Crippen LogP contribution in [0.25, 0.3) is 0 Å². The molecule has 0 unspecified atom stereocenters. The van der Waals surface area contributed by atoms with Gasteiger partial charge in [-0.2, -0.15) is 0 Å². The third kappa shape index (κ3) is 3.50. The highest BCUT2D eigenvalue weighted by Crippen LogP contribution is 1.90. The molecule has 0 aliphatic carbocycles. The first-order valence-corrected chi connectivity index (χ1v) is 2.49. The van der Waals surface area contributed by atoms with Gasteiger partial charge in [0.1, 0.15) is 0 Å². The fraction of sp³-hybridized carbons (Fsp3) is 0. The van der Waals surface area contributed by atoms with E-state index in [1.54, 1.807) is 0 Å². The molecule has 0 aromatic carbocycles. The molecule has 0 atom stereocenters. The quantitative estimate of drug-likeness (QED) is 0.321. The van der Waals surface area contributed by atoms with Gasteiger partial charge in [0.2, 0.25) is 0 Å². The van der Waals surface area contributed by atoms with E-state index in [4.69, 9.17) is 6.42 Å². The Bertz CT molecular complexity index is 140. The van der Waals surface area contributed by atoms with Gasteiger partial charge in [-0.3, -0.25) is 0 Å². The predicted molar refractivity (Wildman–Crippen MR) is 38.2 cm³/mol. The molecule has 0 aromatic heterocycles. The molecule has 0 aliphatic heterocycles. The summed E-state index contributed by atoms with van der Waals surface area (Å²) in [5.74, 6) is 0. The highest BCUT2D eigenvalue weighted by molar-refractivity contribution is 6.37. The Kier molecular flexibility index (Phi) is 4.80. The largest absolute Gasteiger partial charge is 0.872 e. The maximum atomic E-state index is 4.79. The maximum Gasteiger partial charge on any atom is 0.872 e. The number of hydrogen-bond acceptors (Lipinski definition) is 3. The van der Waals surface area contributed by atoms with Crippen molar-refractivity contribution in [2.24, 2.45) is 0 Å². The van der Waals surface area contributed by atoms with Crippen molar-refractivity contribution in [3.05, 3.63) is 25.7 Å². The monoisotopic (exact) mass is 138 g/mol. The van der Waals surface area contributed by atoms with Crippen LogP contribution < -0.4 is 0 Å². The van der Waals surface area contributed by atoms with Crippen molar-refractivity contribution < 1.29 is 14.0 Å². The number of hydrogen-bond donors (Lipinski definition) is 0. The van der Waals surface area contributed by atoms with E-state index in [1.807, 2.05) is 6.11 Å². The molecule has 0 aliphatic rings. The zero-order valence-electron chi connectivity index (χ0n) is 5.45. The molecule has 0 amide bonds. The van der Waals surface area contributed by atoms with Crippen LogP contribution in [-0.2, 0) is 14.0 Å². The second kappa shape index (κ2) is 5.64. The molecule has 52 valence electrons. The maximum absolute atomic E-state index is 4.79. The Morgan fingerprint density at radius 1 is 1.30 bits per heavy atom. The molecule has 0 heterocycles. The first-order chi connectivity index (χ1) is 4.85. The minimum atomic E-state index is -0.944. The fourth-order valence-corrected chi connectivity index (χ4v) is 0.300. The van der Waals surface area contributed by atoms with Crippen molar-refractivity contribution in [2.45, 2.75) is 0 Å². The van der Waals surface area contributed by atoms with Crippen molar-refractivity contribution in [3.63, 3.8) is 0 Å². The van der Waals surface area contributed by atoms with Gasteiger partial charge in [-0.1, -0.05) is 19.6 Å². The van der Waals surface area contributed by atoms with E-state index in [1.165, 1.54) is 0 Å². The van der Waals surface area contributed by atoms with Gasteiger partial charge in [0.15, 0.2) is 0 Å². The molecule has 0 N–H and O–H groups in total. The molecule has 0 aromatic rings. The van der Waals surface area contributed by atoms with Crippen LogP contribution in [0.1, 0.15) is 0 Å². The lowest BCUT2D eigenvalue weighted by Crippen LogP contribution is -2.19. The summed E-state index contributed by atoms with van der Waals surface area (Å²) >= 11 is 0. The van der Waals surface area contributed by atoms with Gasteiger partial charge in [0.25, 0.3) is 0 Å². The molecule has 0 saturated carbocycles. The van der Waals surface area contributed by atoms with Crippen LogP contribution >= 0.6 is 0 Å². The highest BCUT2D eigenvalue weighted by Gasteiger charge is 2.24. The molecular weight excluding hydrogens is 131 g/mol. The fourth-order valence-electron chi connectivity index (χ4n) is 0.300. The summed E-state index contributed by atoms with van der Waals surface area (Å²) in [7, 11) is -0.944. The highest BCUT2D eigenvalue weighted by atomic mass is 16.7. The van der Waals surface area contributed by atoms with E-state index >= 15 is 0 Å². The van der Waals surface area contributed by atoms with Crippen molar-refractivity contribution in [1.29, 1.82) is 0 Å². The van der Waals surface area contributed by atoms with E-state index in [0.29, 0.717) is 0 Å². The van der Waals surface area contributed by atoms with Gasteiger partial charge >= 0.3 is 7.32 Å². The van der Waals surface area contributed by atoms with Gasteiger partial charge in [0.05, 0.1) is 18.6 Å². The first-order valence-electron chi connectivity index (χ1n) is 2.49. The molecule has 0 bridgehead atoms. The summed E-state index contributed by atoms with van der Waals surface area (Å²) in [6, 6.07) is 0. The van der Waals surface area contributed by atoms with Crippen LogP contribution in [0.15, 0.2) is 25.7 Å². The smallest absolute Gasteiger partial charge is 0.496 e. The summed E-state index contributed by atoms with van der Waals surface area (Å²) in [4.78, 5) is 0. The van der Waals surface area contributed by atoms with Crippen LogP contribution in [0.2, 0.25) is 0 Å². The Morgan fingerprint density at radius 2 is 1.80 bits per heavy atom. The lowest BCUT2D eigenvalue weighted by molar-refractivity contribution is 0.235. The molecule has 0 rings (SSSR count). The van der Waals surface area contributed by atoms with Crippen molar-refractivity contribution in [3.8, 4) is 12.5 Å². The lowest BCUT2D eigenvalue weighted by atomic mass is 10.2. The summed E-state index contributed by atoms with van der Waals surface area (Å²) in [6.07, 6.45) is 9.00. The topological polar surface area (TPSA) is 27.7 Å². The number of terminal acetylenes is 1. The molecule has 0 saturated heterocycles. The standard InChI is InChI=1S/C6H7BO3/c1-4-8-7(9-5-2)10-6-3/h1,5-6H,2-3H2. The Hall–Kier alpha value is -1.50. The van der Waals surface area contributed by atoms with Crippen LogP contribution in [-0.4, -0.2) is 7.32 Å². The molecule has 0 spiro atoms. The summed E-state index contributed by atoms with van der Waals surface area (Å²) in [5, 5.41) is 0. The summed E-state index contributed by atoms with van der Waals surface area (Å²) < 4.78 is 13.7. The van der Waals surface area contributed by atoms with Gasteiger partial charge < -0.3 is 14.0 Å². The summed E-state index contributed by atoms with van der Waals surface area (Å²) in [5.41, 5.74) is 0. The minimum absolute atomic E-state index is 0.944. The van der Waals surface area contributed by atoms with Gasteiger partial charge in [0, 0.05) is 0 Å². The molecule has 10 heavy (non-hydrogen) atoms. The molecule has 0 fully saturated rings. The Balaban J connectivity index is 3.61. The van der Waals surface area contributed by atoms with Gasteiger partial charge in [-0.25, -0.2) is 0 Å². The normalized spacial score (nSPS) is 6.70. The molecule has 3 nitrogen and oxygen atoms in total. The van der Waals surface area contributed by atoms with Crippen LogP contribution in [0.5, 0.6) is 0 Å². The molecule has 4 heteroatoms. The third-order valence-corrected chi connectivity index (χ3v) is 0.579. The minimum Gasteiger partial charge on any atom is -0.496 e. The first kappa shape index (κ1) is 8.50. The van der Waals surface area contributed by atoms with Gasteiger partial charge in [-0.15, -0.1) is 0 Å². The molecule has 0 radical (unpaired) electrons. The second-order valence-electron chi connectivity index (χ2n) is 1.13. The second-order valence-corrected chi connectivity index (χ2v) is 1.13. The Labute approximate surface area is 60.5 Å². The average Bonchev–Trinajstić information content (AvgIpc) is 1.90. The predicted octanol–water partition coefficient (Wildman–Crippen LogP) is 0.899. The van der Waals surface area contributed by atoms with E-state index in [-0.39, 0.29) is 0 Å². The van der Waals surface area contributed by atoms with Crippen molar-refractivity contribution in [2.75, 3.05) is 0 Å². The van der Waals surface area contributed by atoms with Crippen LogP contribution in [0, 0.1) is 12.5 Å². The SMILES string of the molecule is C#COB(OC=C)OC=C. The number of rotatable bonds is 5. The molecular formula is C6H7BO3. The van der Waals surface area contributed by atoms with E-state index in [2.05, 4.69) is 27.1 Å². The van der Waals surface area contributed by atoms with Crippen LogP contribution in [0.4, 0.5) is 0 Å². The average molecular weight is 138 g/mol. The third-order valence-electron chi connectivity index (χ3n) is 0.579. The summed E-state index contributed by atoms with van der Waals surface area (Å²) in [6.45, 7) is 6.56. The zero-order chi connectivity index (χ0) is 7.82. The van der Waals surface area contributed by atoms with Crippen molar-refractivity contribution >= 4 is 7.32 Å². The van der Waals surface area contributed by atoms with E-state index in [0.717, 1.165) is 12.5 Å². The Morgan fingerprint density at radius 3 is 2.10 bits per heavy atom. The zero-order valence-corrected chi connectivity index (χ0v) is 5.45. The van der Waals surface area contributed by atoms with Crippen LogP contribution in [0.3, 0.4) is 0 Å². The van der Waals surface area contributed by atoms with E-state index < -0.39 is 7.32 Å². The van der Waals surface area contributed by atoms with Gasteiger partial charge in [-0.05, 0) is 0 Å².